The van der Waals surface area contributed by atoms with Gasteiger partial charge in [-0.3, -0.25) is 4.99 Å². The van der Waals surface area contributed by atoms with Gasteiger partial charge in [0.15, 0.2) is 29.1 Å². The number of allylic oxidation sites excluding steroid dienone is 2. The molecule has 3 N–H and O–H groups in total. The first-order valence-corrected chi connectivity index (χ1v) is 8.41. The molecule has 2 aromatic rings. The number of halogens is 4. The number of ether oxygens (including phenoxy) is 1. The molecule has 29 heavy (non-hydrogen) atoms. The molecule has 5 nitrogen and oxygen atoms in total. The van der Waals surface area contributed by atoms with E-state index in [1.807, 2.05) is 0 Å². The standard InChI is InChI=1S/C19H16F4N4OS/c1-3-10(20)13(25-2)9-26-19(24)27-17-15(29)8-7-12(22)18(17)28-14-6-4-5-11(21)16(14)23/h3-8,29H,1-2,9H2,(H3,24,26,27)/b13-10+. The fourth-order valence-corrected chi connectivity index (χ4v) is 2.32. The molecule has 0 aliphatic rings. The van der Waals surface area contributed by atoms with E-state index in [9.17, 15) is 17.6 Å². The second kappa shape index (κ2) is 9.78. The molecular weight excluding hydrogens is 408 g/mol. The van der Waals surface area contributed by atoms with Crippen LogP contribution in [0.1, 0.15) is 0 Å². The molecule has 0 fully saturated rings. The summed E-state index contributed by atoms with van der Waals surface area (Å²) in [6.45, 7) is 6.20. The Labute approximate surface area is 169 Å². The number of rotatable bonds is 7. The van der Waals surface area contributed by atoms with Gasteiger partial charge in [0, 0.05) is 4.90 Å². The van der Waals surface area contributed by atoms with Gasteiger partial charge in [0.25, 0.3) is 0 Å². The van der Waals surface area contributed by atoms with Crippen LogP contribution in [0.4, 0.5) is 23.2 Å². The van der Waals surface area contributed by atoms with Gasteiger partial charge in [-0.15, -0.1) is 12.6 Å². The third kappa shape index (κ3) is 5.38. The number of benzene rings is 2. The predicted octanol–water partition coefficient (Wildman–Crippen LogP) is 4.98. The van der Waals surface area contributed by atoms with Crippen LogP contribution >= 0.6 is 12.6 Å². The largest absolute Gasteiger partial charge is 0.449 e. The molecule has 0 saturated carbocycles. The summed E-state index contributed by atoms with van der Waals surface area (Å²) in [4.78, 5) is 7.52. The Hall–Kier alpha value is -3.27. The lowest BCUT2D eigenvalue weighted by Gasteiger charge is -2.16. The number of hydrogen-bond donors (Lipinski definition) is 3. The predicted molar refractivity (Wildman–Crippen MR) is 108 cm³/mol. The van der Waals surface area contributed by atoms with Crippen molar-refractivity contribution >= 4 is 31.0 Å². The highest BCUT2D eigenvalue weighted by Crippen LogP contribution is 2.38. The number of nitrogens with one attached hydrogen (secondary N) is 1. The molecule has 2 aromatic carbocycles. The highest BCUT2D eigenvalue weighted by atomic mass is 32.1. The summed E-state index contributed by atoms with van der Waals surface area (Å²) < 4.78 is 60.4. The van der Waals surface area contributed by atoms with Gasteiger partial charge in [0.05, 0.1) is 12.2 Å². The molecule has 0 bridgehead atoms. The Morgan fingerprint density at radius 2 is 1.93 bits per heavy atom. The third-order valence-corrected chi connectivity index (χ3v) is 3.89. The molecular formula is C19H16F4N4OS. The zero-order chi connectivity index (χ0) is 21.6. The van der Waals surface area contributed by atoms with Crippen LogP contribution in [0.2, 0.25) is 0 Å². The zero-order valence-corrected chi connectivity index (χ0v) is 15.8. The molecule has 0 saturated heterocycles. The fourth-order valence-electron chi connectivity index (χ4n) is 2.09. The molecule has 152 valence electrons. The number of guanidine groups is 1. The maximum absolute atomic E-state index is 14.3. The number of aliphatic imine (C=N–C) groups is 2. The second-order valence-electron chi connectivity index (χ2n) is 5.41. The molecule has 0 spiro atoms. The summed E-state index contributed by atoms with van der Waals surface area (Å²) in [5, 5.41) is 2.55. The number of nitrogens with two attached hydrogens (primary N) is 1. The summed E-state index contributed by atoms with van der Waals surface area (Å²) in [5.41, 5.74) is 5.53. The summed E-state index contributed by atoms with van der Waals surface area (Å²) in [5.74, 6) is -5.40. The second-order valence-corrected chi connectivity index (χ2v) is 5.89. The van der Waals surface area contributed by atoms with Crippen molar-refractivity contribution in [1.29, 1.82) is 0 Å². The van der Waals surface area contributed by atoms with Gasteiger partial charge < -0.3 is 15.8 Å². The lowest BCUT2D eigenvalue weighted by molar-refractivity contribution is 0.398. The van der Waals surface area contributed by atoms with Crippen molar-refractivity contribution in [3.63, 3.8) is 0 Å². The van der Waals surface area contributed by atoms with Crippen molar-refractivity contribution in [3.8, 4) is 11.5 Å². The first-order valence-electron chi connectivity index (χ1n) is 7.96. The summed E-state index contributed by atoms with van der Waals surface area (Å²) in [6, 6.07) is 5.52. The van der Waals surface area contributed by atoms with Crippen LogP contribution in [0, 0.1) is 17.5 Å². The van der Waals surface area contributed by atoms with E-state index in [2.05, 4.69) is 41.2 Å². The number of thiol groups is 1. The van der Waals surface area contributed by atoms with Crippen molar-refractivity contribution in [2.75, 3.05) is 11.9 Å². The van der Waals surface area contributed by atoms with Crippen LogP contribution in [-0.2, 0) is 0 Å². The van der Waals surface area contributed by atoms with Gasteiger partial charge in [-0.1, -0.05) is 12.6 Å². The van der Waals surface area contributed by atoms with Gasteiger partial charge in [-0.2, -0.15) is 4.39 Å². The van der Waals surface area contributed by atoms with Crippen molar-refractivity contribution < 1.29 is 22.3 Å². The number of anilines is 1. The normalized spacial score (nSPS) is 12.2. The Bertz CT molecular complexity index is 1010. The van der Waals surface area contributed by atoms with Crippen LogP contribution in [0.5, 0.6) is 11.5 Å². The molecule has 0 unspecified atom stereocenters. The van der Waals surface area contributed by atoms with E-state index in [1.54, 1.807) is 0 Å². The van der Waals surface area contributed by atoms with Crippen molar-refractivity contribution in [2.24, 2.45) is 15.7 Å². The Morgan fingerprint density at radius 1 is 1.21 bits per heavy atom. The number of nitrogens with zero attached hydrogens (tertiary/aromatic N) is 2. The molecule has 0 aliphatic heterocycles. The van der Waals surface area contributed by atoms with Crippen LogP contribution in [0.15, 0.2) is 69.4 Å². The molecule has 0 aromatic heterocycles. The molecule has 10 heteroatoms. The van der Waals surface area contributed by atoms with E-state index >= 15 is 0 Å². The maximum Gasteiger partial charge on any atom is 0.201 e. The van der Waals surface area contributed by atoms with Crippen LogP contribution in [0.3, 0.4) is 0 Å². The summed E-state index contributed by atoms with van der Waals surface area (Å²) in [7, 11) is 0. The van der Waals surface area contributed by atoms with Crippen molar-refractivity contribution in [2.45, 2.75) is 4.90 Å². The monoisotopic (exact) mass is 424 g/mol. The van der Waals surface area contributed by atoms with E-state index in [4.69, 9.17) is 10.5 Å². The Balaban J connectivity index is 2.37. The summed E-state index contributed by atoms with van der Waals surface area (Å²) >= 11 is 4.18. The number of hydrogen-bond acceptors (Lipinski definition) is 4. The highest BCUT2D eigenvalue weighted by Gasteiger charge is 2.18. The molecule has 2 rings (SSSR count). The van der Waals surface area contributed by atoms with Crippen LogP contribution in [-0.4, -0.2) is 19.2 Å². The molecule has 0 atom stereocenters. The minimum Gasteiger partial charge on any atom is -0.449 e. The fraction of sp³-hybridized carbons (Fsp3) is 0.0526. The van der Waals surface area contributed by atoms with Gasteiger partial charge in [0.2, 0.25) is 5.82 Å². The zero-order valence-electron chi connectivity index (χ0n) is 14.9. The SMILES string of the molecule is C=C/C(F)=C(/CN=C(N)Nc1c(S)ccc(F)c1Oc1cccc(F)c1F)N=C. The van der Waals surface area contributed by atoms with E-state index in [1.165, 1.54) is 12.1 Å². The first kappa shape index (κ1) is 22.0. The first-order chi connectivity index (χ1) is 13.8. The average Bonchev–Trinajstić information content (AvgIpc) is 2.70. The third-order valence-electron chi connectivity index (χ3n) is 3.51. The van der Waals surface area contributed by atoms with E-state index in [0.29, 0.717) is 0 Å². The smallest absolute Gasteiger partial charge is 0.201 e. The summed E-state index contributed by atoms with van der Waals surface area (Å²) in [6.07, 6.45) is 0.932. The van der Waals surface area contributed by atoms with E-state index < -0.39 is 34.8 Å². The lowest BCUT2D eigenvalue weighted by Crippen LogP contribution is -2.24. The van der Waals surface area contributed by atoms with Crippen molar-refractivity contribution in [1.82, 2.24) is 0 Å². The molecule has 0 heterocycles. The Kier molecular flexibility index (Phi) is 7.43. The average molecular weight is 424 g/mol. The Morgan fingerprint density at radius 3 is 2.59 bits per heavy atom. The highest BCUT2D eigenvalue weighted by molar-refractivity contribution is 7.80. The van der Waals surface area contributed by atoms with Crippen LogP contribution < -0.4 is 15.8 Å². The minimum absolute atomic E-state index is 0.0977. The van der Waals surface area contributed by atoms with Gasteiger partial charge in [0.1, 0.15) is 11.5 Å². The molecule has 0 amide bonds. The lowest BCUT2D eigenvalue weighted by atomic mass is 10.2. The molecule has 0 radical (unpaired) electrons. The van der Waals surface area contributed by atoms with Crippen LogP contribution in [0.25, 0.3) is 0 Å². The van der Waals surface area contributed by atoms with E-state index in [0.717, 1.165) is 24.3 Å². The van der Waals surface area contributed by atoms with Gasteiger partial charge in [-0.25, -0.2) is 18.2 Å². The minimum atomic E-state index is -1.30. The van der Waals surface area contributed by atoms with Crippen molar-refractivity contribution in [3.05, 3.63) is 72.0 Å². The molecule has 0 aliphatic carbocycles. The maximum atomic E-state index is 14.3. The van der Waals surface area contributed by atoms with E-state index in [-0.39, 0.29) is 28.8 Å². The van der Waals surface area contributed by atoms with Gasteiger partial charge >= 0.3 is 0 Å². The topological polar surface area (TPSA) is 72.0 Å². The van der Waals surface area contributed by atoms with Gasteiger partial charge in [-0.05, 0) is 37.1 Å². The quantitative estimate of drug-likeness (QED) is 0.193.